The Balaban J connectivity index is 1.45. The van der Waals surface area contributed by atoms with Crippen LogP contribution in [-0.2, 0) is 14.8 Å². The molecule has 6 heteroatoms. The summed E-state index contributed by atoms with van der Waals surface area (Å²) < 4.78 is 27.4. The fraction of sp³-hybridized carbons (Fsp3) is 0.435. The van der Waals surface area contributed by atoms with Gasteiger partial charge in [-0.25, -0.2) is 8.42 Å². The van der Waals surface area contributed by atoms with Crippen molar-refractivity contribution in [3.63, 3.8) is 0 Å². The van der Waals surface area contributed by atoms with Crippen LogP contribution in [0.3, 0.4) is 0 Å². The van der Waals surface area contributed by atoms with Crippen LogP contribution in [0.1, 0.15) is 37.2 Å². The molecule has 2 unspecified atom stereocenters. The van der Waals surface area contributed by atoms with Gasteiger partial charge < -0.3 is 4.90 Å². The van der Waals surface area contributed by atoms with Gasteiger partial charge in [-0.05, 0) is 43.4 Å². The van der Waals surface area contributed by atoms with E-state index in [0.29, 0.717) is 17.4 Å². The van der Waals surface area contributed by atoms with Gasteiger partial charge in [0.1, 0.15) is 0 Å². The molecule has 2 aliphatic heterocycles. The highest BCUT2D eigenvalue weighted by Gasteiger charge is 2.36. The number of nitrogens with zero attached hydrogens (tertiary/aromatic N) is 2. The van der Waals surface area contributed by atoms with E-state index in [1.54, 1.807) is 30.3 Å². The SMILES string of the molecule is O=C(C1CCCN(S(=O)(=O)c2ccccc2)C1)N1CCCC(c2ccccc2)C1. The van der Waals surface area contributed by atoms with Gasteiger partial charge in [-0.1, -0.05) is 48.5 Å². The predicted octanol–water partition coefficient (Wildman–Crippen LogP) is 3.49. The normalized spacial score (nSPS) is 23.7. The van der Waals surface area contributed by atoms with Crippen molar-refractivity contribution in [3.05, 3.63) is 66.2 Å². The maximum atomic E-state index is 13.2. The molecule has 0 aromatic heterocycles. The molecule has 154 valence electrons. The summed E-state index contributed by atoms with van der Waals surface area (Å²) in [6, 6.07) is 18.9. The largest absolute Gasteiger partial charge is 0.342 e. The third-order valence-electron chi connectivity index (χ3n) is 6.12. The third-order valence-corrected chi connectivity index (χ3v) is 8.00. The highest BCUT2D eigenvalue weighted by atomic mass is 32.2. The molecule has 4 rings (SSSR count). The first-order valence-electron chi connectivity index (χ1n) is 10.4. The second-order valence-corrected chi connectivity index (χ2v) is 9.99. The summed E-state index contributed by atoms with van der Waals surface area (Å²) in [4.78, 5) is 15.5. The summed E-state index contributed by atoms with van der Waals surface area (Å²) >= 11 is 0. The predicted molar refractivity (Wildman–Crippen MR) is 113 cm³/mol. The van der Waals surface area contributed by atoms with Crippen molar-refractivity contribution in [3.8, 4) is 0 Å². The van der Waals surface area contributed by atoms with E-state index in [1.807, 2.05) is 23.1 Å². The summed E-state index contributed by atoms with van der Waals surface area (Å²) in [5, 5.41) is 0. The summed E-state index contributed by atoms with van der Waals surface area (Å²) in [5.41, 5.74) is 1.28. The van der Waals surface area contributed by atoms with Crippen LogP contribution in [0.2, 0.25) is 0 Å². The minimum absolute atomic E-state index is 0.110. The lowest BCUT2D eigenvalue weighted by Crippen LogP contribution is -2.48. The molecule has 29 heavy (non-hydrogen) atoms. The van der Waals surface area contributed by atoms with Crippen LogP contribution in [0.4, 0.5) is 0 Å². The Morgan fingerprint density at radius 1 is 0.828 bits per heavy atom. The number of carbonyl (C=O) groups excluding carboxylic acids is 1. The maximum absolute atomic E-state index is 13.2. The average molecular weight is 413 g/mol. The number of sulfonamides is 1. The topological polar surface area (TPSA) is 57.7 Å². The summed E-state index contributed by atoms with van der Waals surface area (Å²) in [6.07, 6.45) is 3.56. The molecule has 5 nitrogen and oxygen atoms in total. The van der Waals surface area contributed by atoms with E-state index < -0.39 is 10.0 Å². The number of amides is 1. The molecule has 0 radical (unpaired) electrons. The van der Waals surface area contributed by atoms with Crippen LogP contribution in [-0.4, -0.2) is 49.7 Å². The highest BCUT2D eigenvalue weighted by molar-refractivity contribution is 7.89. The van der Waals surface area contributed by atoms with E-state index in [9.17, 15) is 13.2 Å². The van der Waals surface area contributed by atoms with Crippen LogP contribution in [0.5, 0.6) is 0 Å². The Bertz CT molecular complexity index is 931. The highest BCUT2D eigenvalue weighted by Crippen LogP contribution is 2.30. The Hall–Kier alpha value is -2.18. The van der Waals surface area contributed by atoms with Crippen LogP contribution < -0.4 is 0 Å². The van der Waals surface area contributed by atoms with Crippen LogP contribution in [0.25, 0.3) is 0 Å². The molecule has 0 spiro atoms. The zero-order valence-corrected chi connectivity index (χ0v) is 17.4. The molecule has 2 aromatic carbocycles. The van der Waals surface area contributed by atoms with E-state index in [1.165, 1.54) is 9.87 Å². The van der Waals surface area contributed by atoms with Crippen molar-refractivity contribution in [1.29, 1.82) is 0 Å². The number of hydrogen-bond acceptors (Lipinski definition) is 3. The van der Waals surface area contributed by atoms with Crippen LogP contribution in [0, 0.1) is 5.92 Å². The number of rotatable bonds is 4. The number of carbonyl (C=O) groups is 1. The summed E-state index contributed by atoms with van der Waals surface area (Å²) in [5.74, 6) is 0.219. The third kappa shape index (κ3) is 4.38. The van der Waals surface area contributed by atoms with Crippen molar-refractivity contribution in [1.82, 2.24) is 9.21 Å². The second-order valence-electron chi connectivity index (χ2n) is 8.05. The van der Waals surface area contributed by atoms with Crippen molar-refractivity contribution in [2.75, 3.05) is 26.2 Å². The minimum atomic E-state index is -3.55. The van der Waals surface area contributed by atoms with E-state index >= 15 is 0 Å². The Morgan fingerprint density at radius 2 is 1.48 bits per heavy atom. The fourth-order valence-corrected chi connectivity index (χ4v) is 6.08. The first-order valence-corrected chi connectivity index (χ1v) is 11.9. The molecule has 2 aliphatic rings. The van der Waals surface area contributed by atoms with Gasteiger partial charge in [0.15, 0.2) is 0 Å². The van der Waals surface area contributed by atoms with Gasteiger partial charge in [-0.15, -0.1) is 0 Å². The lowest BCUT2D eigenvalue weighted by molar-refractivity contribution is -0.138. The average Bonchev–Trinajstić information content (AvgIpc) is 2.80. The monoisotopic (exact) mass is 412 g/mol. The maximum Gasteiger partial charge on any atom is 0.243 e. The number of likely N-dealkylation sites (tertiary alicyclic amines) is 1. The number of hydrogen-bond donors (Lipinski definition) is 0. The molecule has 2 fully saturated rings. The molecular weight excluding hydrogens is 384 g/mol. The molecule has 2 saturated heterocycles. The van der Waals surface area contributed by atoms with Crippen LogP contribution >= 0.6 is 0 Å². The molecule has 1 amide bonds. The van der Waals surface area contributed by atoms with E-state index in [-0.39, 0.29) is 18.4 Å². The molecule has 2 atom stereocenters. The summed E-state index contributed by atoms with van der Waals surface area (Å²) in [6.45, 7) is 2.26. The Labute approximate surface area is 173 Å². The Morgan fingerprint density at radius 3 is 2.21 bits per heavy atom. The zero-order valence-electron chi connectivity index (χ0n) is 16.6. The van der Waals surface area contributed by atoms with E-state index in [4.69, 9.17) is 0 Å². The molecule has 0 bridgehead atoms. The molecule has 0 saturated carbocycles. The van der Waals surface area contributed by atoms with Crippen LogP contribution in [0.15, 0.2) is 65.6 Å². The molecular formula is C23H28N2O3S. The first kappa shape index (κ1) is 20.1. The van der Waals surface area contributed by atoms with Crippen molar-refractivity contribution in [2.45, 2.75) is 36.5 Å². The van der Waals surface area contributed by atoms with E-state index in [0.717, 1.165) is 38.8 Å². The van der Waals surface area contributed by atoms with Crippen molar-refractivity contribution in [2.24, 2.45) is 5.92 Å². The van der Waals surface area contributed by atoms with E-state index in [2.05, 4.69) is 12.1 Å². The second kappa shape index (κ2) is 8.67. The quantitative estimate of drug-likeness (QED) is 0.772. The Kier molecular flexibility index (Phi) is 6.01. The first-order chi connectivity index (χ1) is 14.1. The summed E-state index contributed by atoms with van der Waals surface area (Å²) in [7, 11) is -3.55. The molecule has 0 N–H and O–H groups in total. The van der Waals surface area contributed by atoms with Gasteiger partial charge in [0.05, 0.1) is 10.8 Å². The van der Waals surface area contributed by atoms with Gasteiger partial charge in [0.2, 0.25) is 15.9 Å². The van der Waals surface area contributed by atoms with Crippen molar-refractivity contribution < 1.29 is 13.2 Å². The molecule has 2 aromatic rings. The lowest BCUT2D eigenvalue weighted by atomic mass is 9.89. The lowest BCUT2D eigenvalue weighted by Gasteiger charge is -2.38. The van der Waals surface area contributed by atoms with Gasteiger partial charge >= 0.3 is 0 Å². The fourth-order valence-electron chi connectivity index (χ4n) is 4.54. The molecule has 0 aliphatic carbocycles. The smallest absolute Gasteiger partial charge is 0.243 e. The zero-order chi connectivity index (χ0) is 20.3. The standard InChI is InChI=1S/C23H28N2O3S/c26-23(24-15-7-11-20(17-24)19-9-3-1-4-10-19)21-12-8-16-25(18-21)29(27,28)22-13-5-2-6-14-22/h1-6,9-10,13-14,20-21H,7-8,11-12,15-18H2. The van der Waals surface area contributed by atoms with Gasteiger partial charge in [0, 0.05) is 32.1 Å². The molecule has 2 heterocycles. The minimum Gasteiger partial charge on any atom is -0.342 e. The van der Waals surface area contributed by atoms with Gasteiger partial charge in [0.25, 0.3) is 0 Å². The van der Waals surface area contributed by atoms with Gasteiger partial charge in [-0.3, -0.25) is 4.79 Å². The number of piperidine rings is 2. The number of benzene rings is 2. The van der Waals surface area contributed by atoms with Crippen molar-refractivity contribution >= 4 is 15.9 Å². The van der Waals surface area contributed by atoms with Gasteiger partial charge in [-0.2, -0.15) is 4.31 Å².